The zero-order chi connectivity index (χ0) is 28.5. The lowest BCUT2D eigenvalue weighted by molar-refractivity contribution is -0.159. The Morgan fingerprint density at radius 2 is 1.59 bits per heavy atom. The Labute approximate surface area is 228 Å². The van der Waals surface area contributed by atoms with E-state index in [1.54, 1.807) is 20.4 Å². The number of nitrogens with one attached hydrogen (secondary N) is 1. The number of methoxy groups -OCH3 is 2. The largest absolute Gasteiger partial charge is 0.493 e. The van der Waals surface area contributed by atoms with Crippen LogP contribution in [0.3, 0.4) is 0 Å². The van der Waals surface area contributed by atoms with E-state index in [4.69, 9.17) is 29.3 Å². The molecule has 1 saturated carbocycles. The van der Waals surface area contributed by atoms with Crippen molar-refractivity contribution in [1.29, 1.82) is 0 Å². The first-order chi connectivity index (χ1) is 18.7. The number of hydrogen-bond acceptors (Lipinski definition) is 8. The number of benzene rings is 1. The summed E-state index contributed by atoms with van der Waals surface area (Å²) in [6.45, 7) is 3.90. The minimum Gasteiger partial charge on any atom is -0.493 e. The lowest BCUT2D eigenvalue weighted by Crippen LogP contribution is -2.50. The van der Waals surface area contributed by atoms with E-state index in [1.165, 1.54) is 19.3 Å². The minimum absolute atomic E-state index is 0.0674. The summed E-state index contributed by atoms with van der Waals surface area (Å²) in [5.74, 6) is -0.953. The molecule has 1 aromatic heterocycles. The van der Waals surface area contributed by atoms with E-state index in [-0.39, 0.29) is 12.1 Å². The van der Waals surface area contributed by atoms with Gasteiger partial charge in [0.05, 0.1) is 20.4 Å². The van der Waals surface area contributed by atoms with Crippen molar-refractivity contribution in [2.24, 2.45) is 5.92 Å². The summed E-state index contributed by atoms with van der Waals surface area (Å²) >= 11 is 0. The molecule has 2 amide bonds. The number of carboxylic acid groups (broad SMARTS) is 2. The molecule has 1 unspecified atom stereocenters. The van der Waals surface area contributed by atoms with Gasteiger partial charge in [-0.15, -0.1) is 5.10 Å². The molecule has 1 saturated heterocycles. The first-order valence-corrected chi connectivity index (χ1v) is 13.3. The van der Waals surface area contributed by atoms with Crippen molar-refractivity contribution >= 4 is 34.6 Å². The number of nitrogens with zero attached hydrogens (tertiary/aromatic N) is 4. The van der Waals surface area contributed by atoms with Gasteiger partial charge < -0.3 is 34.8 Å². The first-order valence-electron chi connectivity index (χ1n) is 13.3. The van der Waals surface area contributed by atoms with Crippen LogP contribution in [0.1, 0.15) is 51.9 Å². The average molecular weight is 546 g/mol. The predicted octanol–water partition coefficient (Wildman–Crippen LogP) is 3.38. The number of hydrogen-bond donors (Lipinski definition) is 3. The standard InChI is InChI=1S/C25H37N5O3.C2H2O4/c1-17(27-25(31)29(2)20-8-6-5-7-9-20)18-10-12-30(13-11-18)24-21-15-23(33-4)22(32-3)14-19(21)16-26-28-24;3-1(4)2(5)6/h14-18,20H,5-13H2,1-4H3,(H,27,31);(H,3,4)(H,5,6). The van der Waals surface area contributed by atoms with Crippen LogP contribution in [0, 0.1) is 5.92 Å². The molecule has 1 aromatic carbocycles. The third kappa shape index (κ3) is 7.61. The molecule has 214 valence electrons. The van der Waals surface area contributed by atoms with E-state index >= 15 is 0 Å². The zero-order valence-electron chi connectivity index (χ0n) is 23.1. The van der Waals surface area contributed by atoms with Crippen molar-refractivity contribution in [3.05, 3.63) is 18.3 Å². The number of carboxylic acids is 2. The molecule has 0 bridgehead atoms. The molecule has 2 fully saturated rings. The molecule has 1 aliphatic heterocycles. The monoisotopic (exact) mass is 545 g/mol. The number of piperidine rings is 1. The maximum absolute atomic E-state index is 12.8. The fraction of sp³-hybridized carbons (Fsp3) is 0.593. The Morgan fingerprint density at radius 3 is 2.15 bits per heavy atom. The van der Waals surface area contributed by atoms with E-state index in [0.717, 1.165) is 55.4 Å². The summed E-state index contributed by atoms with van der Waals surface area (Å²) in [5.41, 5.74) is 0. The Balaban J connectivity index is 0.000000631. The molecule has 4 rings (SSSR count). The Bertz CT molecular complexity index is 1130. The summed E-state index contributed by atoms with van der Waals surface area (Å²) in [4.78, 5) is 35.2. The fourth-order valence-corrected chi connectivity index (χ4v) is 5.29. The Morgan fingerprint density at radius 1 is 1.00 bits per heavy atom. The van der Waals surface area contributed by atoms with Gasteiger partial charge in [-0.3, -0.25) is 0 Å². The van der Waals surface area contributed by atoms with E-state index in [1.807, 2.05) is 24.1 Å². The highest BCUT2D eigenvalue weighted by molar-refractivity contribution is 6.27. The SMILES string of the molecule is COc1cc2cnnc(N3CCC(C(C)NC(=O)N(C)C4CCCCC4)CC3)c2cc1OC.O=C(O)C(=O)O. The van der Waals surface area contributed by atoms with Crippen LogP contribution in [0.2, 0.25) is 0 Å². The summed E-state index contributed by atoms with van der Waals surface area (Å²) in [6.07, 6.45) is 9.76. The van der Waals surface area contributed by atoms with Crippen molar-refractivity contribution < 1.29 is 34.1 Å². The van der Waals surface area contributed by atoms with Crippen LogP contribution in [0.25, 0.3) is 10.8 Å². The summed E-state index contributed by atoms with van der Waals surface area (Å²) in [5, 5.41) is 28.7. The van der Waals surface area contributed by atoms with Crippen LogP contribution in [-0.2, 0) is 9.59 Å². The maximum Gasteiger partial charge on any atom is 0.414 e. The number of aliphatic carboxylic acids is 2. The van der Waals surface area contributed by atoms with Gasteiger partial charge in [-0.05, 0) is 50.7 Å². The lowest BCUT2D eigenvalue weighted by Gasteiger charge is -2.37. The molecule has 1 aliphatic carbocycles. The van der Waals surface area contributed by atoms with Crippen LogP contribution >= 0.6 is 0 Å². The molecule has 2 heterocycles. The Hall–Kier alpha value is -3.83. The van der Waals surface area contributed by atoms with Crippen molar-refractivity contribution in [3.8, 4) is 11.5 Å². The predicted molar refractivity (Wildman–Crippen MR) is 145 cm³/mol. The number of rotatable bonds is 6. The second-order valence-electron chi connectivity index (χ2n) is 10.0. The van der Waals surface area contributed by atoms with Crippen LogP contribution in [0.5, 0.6) is 11.5 Å². The molecule has 0 spiro atoms. The molecular weight excluding hydrogens is 506 g/mol. The second-order valence-corrected chi connectivity index (χ2v) is 10.0. The highest BCUT2D eigenvalue weighted by Crippen LogP contribution is 2.36. The van der Waals surface area contributed by atoms with E-state index < -0.39 is 11.9 Å². The number of carbonyl (C=O) groups excluding carboxylic acids is 1. The molecule has 2 aliphatic rings. The van der Waals surface area contributed by atoms with Crippen LogP contribution in [-0.4, -0.2) is 89.7 Å². The summed E-state index contributed by atoms with van der Waals surface area (Å²) < 4.78 is 10.9. The van der Waals surface area contributed by atoms with Crippen LogP contribution in [0.15, 0.2) is 18.3 Å². The number of carbonyl (C=O) groups is 3. The molecule has 3 N–H and O–H groups in total. The third-order valence-corrected chi connectivity index (χ3v) is 7.67. The van der Waals surface area contributed by atoms with Gasteiger partial charge in [0.25, 0.3) is 0 Å². The number of urea groups is 1. The van der Waals surface area contributed by atoms with Crippen LogP contribution in [0.4, 0.5) is 10.6 Å². The summed E-state index contributed by atoms with van der Waals surface area (Å²) in [6, 6.07) is 4.52. The molecule has 0 radical (unpaired) electrons. The van der Waals surface area contributed by atoms with Gasteiger partial charge in [0.2, 0.25) is 0 Å². The fourth-order valence-electron chi connectivity index (χ4n) is 5.29. The molecule has 39 heavy (non-hydrogen) atoms. The Kier molecular flexibility index (Phi) is 10.5. The number of anilines is 1. The van der Waals surface area contributed by atoms with Gasteiger partial charge in [0.1, 0.15) is 0 Å². The third-order valence-electron chi connectivity index (χ3n) is 7.67. The molecule has 1 atom stereocenters. The molecule has 12 heteroatoms. The number of amides is 2. The van der Waals surface area contributed by atoms with Gasteiger partial charge in [0, 0.05) is 43.0 Å². The quantitative estimate of drug-likeness (QED) is 0.460. The van der Waals surface area contributed by atoms with Gasteiger partial charge in [-0.25, -0.2) is 14.4 Å². The summed E-state index contributed by atoms with van der Waals surface area (Å²) in [7, 11) is 5.23. The minimum atomic E-state index is -1.82. The topological polar surface area (TPSA) is 154 Å². The zero-order valence-corrected chi connectivity index (χ0v) is 23.1. The number of ether oxygens (including phenoxy) is 2. The van der Waals surface area contributed by atoms with Crippen LogP contribution < -0.4 is 19.7 Å². The number of fused-ring (bicyclic) bond motifs is 1. The van der Waals surface area contributed by atoms with Crippen molar-refractivity contribution in [2.45, 2.75) is 64.0 Å². The van der Waals surface area contributed by atoms with Crippen molar-refractivity contribution in [2.75, 3.05) is 39.3 Å². The maximum atomic E-state index is 12.8. The van der Waals surface area contributed by atoms with E-state index in [2.05, 4.69) is 27.3 Å². The van der Waals surface area contributed by atoms with E-state index in [9.17, 15) is 4.79 Å². The number of aromatic nitrogens is 2. The average Bonchev–Trinajstić information content (AvgIpc) is 2.96. The lowest BCUT2D eigenvalue weighted by atomic mass is 9.90. The normalized spacial score (nSPS) is 17.0. The highest BCUT2D eigenvalue weighted by Gasteiger charge is 2.29. The van der Waals surface area contributed by atoms with Gasteiger partial charge in [-0.1, -0.05) is 19.3 Å². The van der Waals surface area contributed by atoms with Gasteiger partial charge in [0.15, 0.2) is 17.3 Å². The first kappa shape index (κ1) is 29.7. The highest BCUT2D eigenvalue weighted by atomic mass is 16.5. The smallest absolute Gasteiger partial charge is 0.414 e. The molecular formula is C27H39N5O7. The van der Waals surface area contributed by atoms with Crippen molar-refractivity contribution in [1.82, 2.24) is 20.4 Å². The molecule has 2 aromatic rings. The van der Waals surface area contributed by atoms with Gasteiger partial charge >= 0.3 is 18.0 Å². The van der Waals surface area contributed by atoms with Gasteiger partial charge in [-0.2, -0.15) is 5.10 Å². The van der Waals surface area contributed by atoms with E-state index in [0.29, 0.717) is 23.5 Å². The van der Waals surface area contributed by atoms with Crippen molar-refractivity contribution in [3.63, 3.8) is 0 Å². The molecule has 12 nitrogen and oxygen atoms in total. The second kappa shape index (κ2) is 13.8.